The van der Waals surface area contributed by atoms with Gasteiger partial charge in [-0.05, 0) is 30.0 Å². The van der Waals surface area contributed by atoms with E-state index in [0.717, 1.165) is 16.4 Å². The van der Waals surface area contributed by atoms with E-state index in [-0.39, 0.29) is 24.1 Å². The van der Waals surface area contributed by atoms with Crippen molar-refractivity contribution in [2.75, 3.05) is 40.3 Å². The summed E-state index contributed by atoms with van der Waals surface area (Å²) in [5.74, 6) is -0.0941. The number of amidine groups is 1. The number of carbonyl (C=O) groups is 3. The maximum Gasteiger partial charge on any atom is 0.253 e. The fraction of sp³-hybridized carbons (Fsp3) is 0.417. The van der Waals surface area contributed by atoms with Crippen LogP contribution in [0.15, 0.2) is 51.6 Å². The predicted octanol–water partition coefficient (Wildman–Crippen LogP) is 3.08. The number of fused-ring (bicyclic) bond motifs is 1. The van der Waals surface area contributed by atoms with Gasteiger partial charge in [0.05, 0.1) is 23.7 Å². The zero-order valence-electron chi connectivity index (χ0n) is 19.7. The van der Waals surface area contributed by atoms with Crippen LogP contribution in [0, 0.1) is 0 Å². The van der Waals surface area contributed by atoms with E-state index in [4.69, 9.17) is 16.6 Å². The normalized spacial score (nSPS) is 20.1. The fourth-order valence-corrected chi connectivity index (χ4v) is 5.47. The van der Waals surface area contributed by atoms with E-state index in [2.05, 4.69) is 0 Å². The third kappa shape index (κ3) is 4.72. The summed E-state index contributed by atoms with van der Waals surface area (Å²) in [6, 6.07) is 7.03. The number of hydrogen-bond donors (Lipinski definition) is 0. The molecule has 0 bridgehead atoms. The minimum absolute atomic E-state index is 0.00193. The zero-order chi connectivity index (χ0) is 24.6. The van der Waals surface area contributed by atoms with Crippen LogP contribution in [0.5, 0.6) is 0 Å². The number of benzene rings is 1. The van der Waals surface area contributed by atoms with Crippen molar-refractivity contribution in [1.29, 1.82) is 0 Å². The van der Waals surface area contributed by atoms with E-state index in [0.29, 0.717) is 42.5 Å². The topological polar surface area (TPSA) is 76.5 Å². The SMILES string of the molecule is CC(=O)N1CCN(C(=O)CC2=CSC3=NC(C)=C(C(=O)N(C)C)C(c4ccc(Cl)cc4)N23)CC1. The number of amides is 3. The van der Waals surface area contributed by atoms with E-state index in [1.165, 1.54) is 11.8 Å². The Bertz CT molecular complexity index is 1100. The van der Waals surface area contributed by atoms with Crippen LogP contribution in [0.3, 0.4) is 0 Å². The van der Waals surface area contributed by atoms with Gasteiger partial charge in [-0.2, -0.15) is 0 Å². The largest absolute Gasteiger partial charge is 0.345 e. The first-order valence-electron chi connectivity index (χ1n) is 11.1. The Morgan fingerprint density at radius 2 is 1.71 bits per heavy atom. The molecule has 1 aromatic carbocycles. The van der Waals surface area contributed by atoms with Gasteiger partial charge in [-0.15, -0.1) is 0 Å². The highest BCUT2D eigenvalue weighted by Gasteiger charge is 2.41. The predicted molar refractivity (Wildman–Crippen MR) is 134 cm³/mol. The molecule has 3 heterocycles. The number of nitrogens with zero attached hydrogens (tertiary/aromatic N) is 5. The molecule has 4 rings (SSSR count). The van der Waals surface area contributed by atoms with Crippen molar-refractivity contribution >= 4 is 46.3 Å². The summed E-state index contributed by atoms with van der Waals surface area (Å²) in [7, 11) is 3.45. The Balaban J connectivity index is 1.62. The van der Waals surface area contributed by atoms with E-state index in [9.17, 15) is 14.4 Å². The van der Waals surface area contributed by atoms with Gasteiger partial charge in [0.1, 0.15) is 0 Å². The molecule has 0 saturated carbocycles. The number of rotatable bonds is 4. The second-order valence-corrected chi connectivity index (χ2v) is 9.98. The van der Waals surface area contributed by atoms with Crippen LogP contribution in [-0.4, -0.2) is 82.8 Å². The molecule has 180 valence electrons. The first-order chi connectivity index (χ1) is 16.2. The van der Waals surface area contributed by atoms with Gasteiger partial charge in [-0.25, -0.2) is 4.99 Å². The second kappa shape index (κ2) is 9.84. The Labute approximate surface area is 208 Å². The number of carbonyl (C=O) groups excluding carboxylic acids is 3. The highest BCUT2D eigenvalue weighted by molar-refractivity contribution is 8.16. The Morgan fingerprint density at radius 1 is 1.09 bits per heavy atom. The minimum atomic E-state index is -0.414. The fourth-order valence-electron chi connectivity index (χ4n) is 4.38. The molecule has 0 N–H and O–H groups in total. The summed E-state index contributed by atoms with van der Waals surface area (Å²) < 4.78 is 0. The van der Waals surface area contributed by atoms with Crippen molar-refractivity contribution in [1.82, 2.24) is 19.6 Å². The number of thioether (sulfide) groups is 1. The summed E-state index contributed by atoms with van der Waals surface area (Å²) in [6.07, 6.45) is 0.193. The molecule has 8 nitrogen and oxygen atoms in total. The van der Waals surface area contributed by atoms with Gasteiger partial charge in [-0.1, -0.05) is 35.5 Å². The van der Waals surface area contributed by atoms with E-state index >= 15 is 0 Å². The van der Waals surface area contributed by atoms with Gasteiger partial charge in [0.25, 0.3) is 5.91 Å². The van der Waals surface area contributed by atoms with E-state index < -0.39 is 6.04 Å². The summed E-state index contributed by atoms with van der Waals surface area (Å²) >= 11 is 7.60. The van der Waals surface area contributed by atoms with Gasteiger partial charge in [0, 0.05) is 57.9 Å². The Hall–Kier alpha value is -2.78. The van der Waals surface area contributed by atoms with Gasteiger partial charge >= 0.3 is 0 Å². The molecule has 1 aromatic rings. The van der Waals surface area contributed by atoms with Gasteiger partial charge in [0.15, 0.2) is 5.17 Å². The standard InChI is InChI=1S/C24H28ClN5O3S/c1-15-21(23(33)27(3)4)22(17-5-7-18(25)8-6-17)30-19(14-34-24(30)26-15)13-20(32)29-11-9-28(10-12-29)16(2)31/h5-8,14,22H,9-13H2,1-4H3. The molecule has 34 heavy (non-hydrogen) atoms. The van der Waals surface area contributed by atoms with Gasteiger partial charge in [0.2, 0.25) is 11.8 Å². The smallest absolute Gasteiger partial charge is 0.253 e. The highest BCUT2D eigenvalue weighted by Crippen LogP contribution is 2.45. The van der Waals surface area contributed by atoms with Crippen molar-refractivity contribution in [3.05, 3.63) is 57.2 Å². The number of piperazine rings is 1. The number of halogens is 1. The quantitative estimate of drug-likeness (QED) is 0.633. The molecular weight excluding hydrogens is 474 g/mol. The first-order valence-corrected chi connectivity index (χ1v) is 12.4. The number of hydrogen-bond acceptors (Lipinski definition) is 6. The van der Waals surface area contributed by atoms with Crippen LogP contribution in [-0.2, 0) is 14.4 Å². The lowest BCUT2D eigenvalue weighted by atomic mass is 9.93. The molecular formula is C24H28ClN5O3S. The molecule has 1 fully saturated rings. The summed E-state index contributed by atoms with van der Waals surface area (Å²) in [5.41, 5.74) is 2.95. The molecule has 0 spiro atoms. The van der Waals surface area contributed by atoms with Gasteiger partial charge in [-0.3, -0.25) is 14.4 Å². The molecule has 0 aliphatic carbocycles. The monoisotopic (exact) mass is 501 g/mol. The molecule has 0 aromatic heterocycles. The summed E-state index contributed by atoms with van der Waals surface area (Å²) in [5, 5.41) is 3.31. The maximum atomic E-state index is 13.2. The molecule has 3 amide bonds. The van der Waals surface area contributed by atoms with Crippen molar-refractivity contribution in [3.63, 3.8) is 0 Å². The minimum Gasteiger partial charge on any atom is -0.345 e. The zero-order valence-corrected chi connectivity index (χ0v) is 21.3. The van der Waals surface area contributed by atoms with Crippen LogP contribution >= 0.6 is 23.4 Å². The summed E-state index contributed by atoms with van der Waals surface area (Å²) in [6.45, 7) is 5.52. The third-order valence-corrected chi connectivity index (χ3v) is 7.37. The van der Waals surface area contributed by atoms with Crippen LogP contribution in [0.25, 0.3) is 0 Å². The Morgan fingerprint density at radius 3 is 2.29 bits per heavy atom. The van der Waals surface area contributed by atoms with Gasteiger partial charge < -0.3 is 19.6 Å². The number of likely N-dealkylation sites (N-methyl/N-ethyl adjacent to an activating group) is 1. The Kier molecular flexibility index (Phi) is 7.04. The van der Waals surface area contributed by atoms with E-state index in [1.54, 1.807) is 35.7 Å². The van der Waals surface area contributed by atoms with Crippen LogP contribution in [0.2, 0.25) is 5.02 Å². The van der Waals surface area contributed by atoms with Crippen molar-refractivity contribution < 1.29 is 14.4 Å². The van der Waals surface area contributed by atoms with Crippen molar-refractivity contribution in [3.8, 4) is 0 Å². The number of allylic oxidation sites excluding steroid dienone is 1. The lowest BCUT2D eigenvalue weighted by molar-refractivity contribution is -0.138. The average Bonchev–Trinajstić information content (AvgIpc) is 3.20. The highest BCUT2D eigenvalue weighted by atomic mass is 35.5. The lowest BCUT2D eigenvalue weighted by Gasteiger charge is -2.38. The molecule has 1 unspecified atom stereocenters. The van der Waals surface area contributed by atoms with Crippen LogP contribution in [0.1, 0.15) is 31.9 Å². The van der Waals surface area contributed by atoms with E-state index in [1.807, 2.05) is 41.5 Å². The first kappa shape index (κ1) is 24.3. The molecule has 1 atom stereocenters. The number of aliphatic imine (C=N–C) groups is 1. The molecule has 0 radical (unpaired) electrons. The van der Waals surface area contributed by atoms with Crippen LogP contribution < -0.4 is 0 Å². The second-order valence-electron chi connectivity index (χ2n) is 8.71. The van der Waals surface area contributed by atoms with Crippen molar-refractivity contribution in [2.45, 2.75) is 26.3 Å². The average molecular weight is 502 g/mol. The third-order valence-electron chi connectivity index (χ3n) is 6.23. The molecule has 3 aliphatic rings. The van der Waals surface area contributed by atoms with Crippen LogP contribution in [0.4, 0.5) is 0 Å². The molecule has 1 saturated heterocycles. The summed E-state index contributed by atoms with van der Waals surface area (Å²) in [4.78, 5) is 49.8. The maximum absolute atomic E-state index is 13.2. The molecule has 3 aliphatic heterocycles. The van der Waals surface area contributed by atoms with Crippen molar-refractivity contribution in [2.24, 2.45) is 4.99 Å². The molecule has 10 heteroatoms. The lowest BCUT2D eigenvalue weighted by Crippen LogP contribution is -2.50.